The molecule has 0 aliphatic carbocycles. The second-order valence-corrected chi connectivity index (χ2v) is 13.4. The second kappa shape index (κ2) is 9.17. The monoisotopic (exact) mass is 597 g/mol. The van der Waals surface area contributed by atoms with Crippen LogP contribution in [0.25, 0.3) is 73.1 Å². The number of thiophene rings is 2. The molecule has 0 bridgehead atoms. The summed E-state index contributed by atoms with van der Waals surface area (Å²) in [5.74, 6) is 0. The van der Waals surface area contributed by atoms with Crippen molar-refractivity contribution in [3.8, 4) is 0 Å². The Hall–Kier alpha value is -5.16. The van der Waals surface area contributed by atoms with E-state index in [2.05, 4.69) is 144 Å². The predicted octanol–water partition coefficient (Wildman–Crippen LogP) is 12.9. The molecule has 2 nitrogen and oxygen atoms in total. The zero-order valence-electron chi connectivity index (χ0n) is 23.5. The molecular weight excluding hydrogens is 575 g/mol. The van der Waals surface area contributed by atoms with Gasteiger partial charge in [0.1, 0.15) is 11.2 Å². The van der Waals surface area contributed by atoms with Gasteiger partial charge in [0, 0.05) is 68.2 Å². The lowest BCUT2D eigenvalue weighted by molar-refractivity contribution is 0.669. The van der Waals surface area contributed by atoms with Crippen molar-refractivity contribution in [1.82, 2.24) is 0 Å². The zero-order chi connectivity index (χ0) is 28.8. The van der Waals surface area contributed by atoms with Crippen molar-refractivity contribution < 1.29 is 4.42 Å². The summed E-state index contributed by atoms with van der Waals surface area (Å²) >= 11 is 3.73. The van der Waals surface area contributed by atoms with Crippen LogP contribution in [0.2, 0.25) is 0 Å². The van der Waals surface area contributed by atoms with Crippen LogP contribution in [0, 0.1) is 0 Å². The molecule has 10 rings (SSSR count). The number of furan rings is 1. The molecule has 0 aliphatic heterocycles. The van der Waals surface area contributed by atoms with E-state index in [9.17, 15) is 0 Å². The van der Waals surface area contributed by atoms with E-state index in [1.165, 1.54) is 56.5 Å². The third-order valence-electron chi connectivity index (χ3n) is 8.84. The van der Waals surface area contributed by atoms with Crippen LogP contribution in [-0.4, -0.2) is 0 Å². The summed E-state index contributed by atoms with van der Waals surface area (Å²) in [5, 5.41) is 10.1. The Kier molecular flexibility index (Phi) is 5.06. The van der Waals surface area contributed by atoms with E-state index in [4.69, 9.17) is 4.42 Å². The maximum Gasteiger partial charge on any atom is 0.136 e. The fraction of sp³-hybridized carbons (Fsp3) is 0. The Morgan fingerprint density at radius 3 is 2.02 bits per heavy atom. The summed E-state index contributed by atoms with van der Waals surface area (Å²) in [6.07, 6.45) is 0. The van der Waals surface area contributed by atoms with Crippen LogP contribution in [0.1, 0.15) is 0 Å². The van der Waals surface area contributed by atoms with Crippen molar-refractivity contribution >= 4 is 113 Å². The minimum Gasteiger partial charge on any atom is -0.456 e. The van der Waals surface area contributed by atoms with Crippen LogP contribution in [-0.2, 0) is 0 Å². The van der Waals surface area contributed by atoms with Gasteiger partial charge in [-0.25, -0.2) is 0 Å². The van der Waals surface area contributed by atoms with Gasteiger partial charge in [0.05, 0.1) is 0 Å². The molecule has 0 aliphatic rings. The first-order valence-electron chi connectivity index (χ1n) is 14.8. The van der Waals surface area contributed by atoms with E-state index in [-0.39, 0.29) is 0 Å². The van der Waals surface area contributed by atoms with Crippen molar-refractivity contribution in [3.05, 3.63) is 140 Å². The highest BCUT2D eigenvalue weighted by molar-refractivity contribution is 7.27. The second-order valence-electron chi connectivity index (χ2n) is 11.3. The summed E-state index contributed by atoms with van der Waals surface area (Å²) in [7, 11) is 0. The average Bonchev–Trinajstić information content (AvgIpc) is 3.76. The average molecular weight is 598 g/mol. The molecule has 10 aromatic rings. The van der Waals surface area contributed by atoms with Gasteiger partial charge in [0.25, 0.3) is 0 Å². The topological polar surface area (TPSA) is 16.4 Å². The molecule has 0 fully saturated rings. The van der Waals surface area contributed by atoms with E-state index in [1.807, 2.05) is 22.7 Å². The highest BCUT2D eigenvalue weighted by atomic mass is 32.1. The number of rotatable bonds is 3. The first-order chi connectivity index (χ1) is 21.8. The van der Waals surface area contributed by atoms with Crippen LogP contribution in [0.5, 0.6) is 0 Å². The van der Waals surface area contributed by atoms with Gasteiger partial charge in [-0.3, -0.25) is 0 Å². The molecule has 7 aromatic carbocycles. The minimum atomic E-state index is 0.909. The predicted molar refractivity (Wildman–Crippen MR) is 192 cm³/mol. The fourth-order valence-electron chi connectivity index (χ4n) is 6.83. The number of anilines is 3. The summed E-state index contributed by atoms with van der Waals surface area (Å²) in [4.78, 5) is 2.36. The van der Waals surface area contributed by atoms with Gasteiger partial charge in [0.15, 0.2) is 0 Å². The van der Waals surface area contributed by atoms with Crippen molar-refractivity contribution in [2.45, 2.75) is 0 Å². The Morgan fingerprint density at radius 1 is 0.409 bits per heavy atom. The van der Waals surface area contributed by atoms with Crippen molar-refractivity contribution in [2.75, 3.05) is 4.90 Å². The molecule has 0 unspecified atom stereocenters. The third kappa shape index (κ3) is 3.47. The molecule has 44 heavy (non-hydrogen) atoms. The first-order valence-corrected chi connectivity index (χ1v) is 16.4. The van der Waals surface area contributed by atoms with Crippen LogP contribution >= 0.6 is 22.7 Å². The van der Waals surface area contributed by atoms with E-state index < -0.39 is 0 Å². The number of hydrogen-bond acceptors (Lipinski definition) is 4. The Labute approximate surface area is 260 Å². The van der Waals surface area contributed by atoms with Crippen molar-refractivity contribution in [3.63, 3.8) is 0 Å². The first kappa shape index (κ1) is 24.3. The fourth-order valence-corrected chi connectivity index (χ4v) is 9.36. The molecule has 0 atom stereocenters. The SMILES string of the molecule is c1ccc(N(c2ccc3c(c2)sc2ccccc23)c2ccc3oc4ccc5c6ccc7ccccc7c6sc5c4c3c2)cc1. The van der Waals surface area contributed by atoms with Gasteiger partial charge in [-0.2, -0.15) is 0 Å². The van der Waals surface area contributed by atoms with Crippen LogP contribution in [0.3, 0.4) is 0 Å². The van der Waals surface area contributed by atoms with Gasteiger partial charge in [-0.15, -0.1) is 22.7 Å². The molecular formula is C40H23NOS2. The molecule has 206 valence electrons. The lowest BCUT2D eigenvalue weighted by Gasteiger charge is -2.25. The van der Waals surface area contributed by atoms with Gasteiger partial charge >= 0.3 is 0 Å². The molecule has 0 saturated carbocycles. The number of nitrogens with zero attached hydrogens (tertiary/aromatic N) is 1. The Balaban J connectivity index is 1.23. The van der Waals surface area contributed by atoms with E-state index in [0.29, 0.717) is 0 Å². The molecule has 4 heteroatoms. The number of hydrogen-bond donors (Lipinski definition) is 0. The summed E-state index contributed by atoms with van der Waals surface area (Å²) in [6.45, 7) is 0. The zero-order valence-corrected chi connectivity index (χ0v) is 25.1. The maximum absolute atomic E-state index is 6.47. The quantitative estimate of drug-likeness (QED) is 0.201. The van der Waals surface area contributed by atoms with Crippen LogP contribution in [0.4, 0.5) is 17.1 Å². The van der Waals surface area contributed by atoms with E-state index in [1.54, 1.807) is 0 Å². The smallest absolute Gasteiger partial charge is 0.136 e. The molecule has 3 heterocycles. The van der Waals surface area contributed by atoms with Gasteiger partial charge in [0.2, 0.25) is 0 Å². The van der Waals surface area contributed by atoms with Crippen LogP contribution < -0.4 is 4.90 Å². The van der Waals surface area contributed by atoms with E-state index in [0.717, 1.165) is 33.6 Å². The molecule has 0 amide bonds. The highest BCUT2D eigenvalue weighted by Gasteiger charge is 2.19. The minimum absolute atomic E-state index is 0.909. The van der Waals surface area contributed by atoms with Gasteiger partial charge < -0.3 is 9.32 Å². The summed E-state index contributed by atoms with van der Waals surface area (Å²) < 4.78 is 11.7. The van der Waals surface area contributed by atoms with Gasteiger partial charge in [-0.05, 0) is 71.4 Å². The van der Waals surface area contributed by atoms with Gasteiger partial charge in [-0.1, -0.05) is 78.9 Å². The largest absolute Gasteiger partial charge is 0.456 e. The lowest BCUT2D eigenvalue weighted by Crippen LogP contribution is -2.09. The standard InChI is InChI=1S/C40H23NOS2/c1-2-9-25(10-3-1)41(27-15-18-30-29-12-6-7-13-36(29)43-37(30)23-27)26-16-20-34-33(22-26)38-35(42-34)21-19-32-31-17-14-24-8-4-5-11-28(24)39(31)44-40(32)38/h1-23H. The van der Waals surface area contributed by atoms with Crippen molar-refractivity contribution in [2.24, 2.45) is 0 Å². The number of benzene rings is 7. The molecule has 0 radical (unpaired) electrons. The number of para-hydroxylation sites is 1. The molecule has 0 saturated heterocycles. The highest BCUT2D eigenvalue weighted by Crippen LogP contribution is 2.46. The Morgan fingerprint density at radius 2 is 1.09 bits per heavy atom. The molecule has 0 N–H and O–H groups in total. The lowest BCUT2D eigenvalue weighted by atomic mass is 10.0. The molecule has 3 aromatic heterocycles. The Bertz CT molecular complexity index is 2730. The maximum atomic E-state index is 6.47. The van der Waals surface area contributed by atoms with Crippen molar-refractivity contribution in [1.29, 1.82) is 0 Å². The number of fused-ring (bicyclic) bond motifs is 12. The van der Waals surface area contributed by atoms with E-state index >= 15 is 0 Å². The van der Waals surface area contributed by atoms with Crippen LogP contribution in [0.15, 0.2) is 144 Å². The third-order valence-corrected chi connectivity index (χ3v) is 11.2. The summed E-state index contributed by atoms with van der Waals surface area (Å²) in [6, 6.07) is 50.4. The summed E-state index contributed by atoms with van der Waals surface area (Å²) in [5.41, 5.74) is 5.21. The molecule has 0 spiro atoms. The normalized spacial score (nSPS) is 12.1.